The molecule has 0 amide bonds. The van der Waals surface area contributed by atoms with Crippen molar-refractivity contribution < 1.29 is 19.0 Å². The lowest BCUT2D eigenvalue weighted by atomic mass is 10.1. The number of nitrogen functional groups attached to an aromatic ring is 1. The maximum atomic E-state index is 11.7. The van der Waals surface area contributed by atoms with Gasteiger partial charge in [-0.15, -0.1) is 0 Å². The molecule has 1 rings (SSSR count). The van der Waals surface area contributed by atoms with Gasteiger partial charge in [0.25, 0.3) is 0 Å². The summed E-state index contributed by atoms with van der Waals surface area (Å²) < 4.78 is 15.6. The number of hydrogen-bond acceptors (Lipinski definition) is 5. The van der Waals surface area contributed by atoms with Crippen LogP contribution >= 0.6 is 0 Å². The smallest absolute Gasteiger partial charge is 0.340 e. The molecule has 0 fully saturated rings. The Morgan fingerprint density at radius 1 is 1.25 bits per heavy atom. The van der Waals surface area contributed by atoms with Crippen molar-refractivity contribution in [2.45, 2.75) is 20.5 Å². The number of anilines is 1. The minimum absolute atomic E-state index is 0.306. The number of rotatable bonds is 8. The number of esters is 1. The summed E-state index contributed by atoms with van der Waals surface area (Å²) in [6.45, 7) is 6.22. The van der Waals surface area contributed by atoms with Crippen molar-refractivity contribution in [1.82, 2.24) is 0 Å². The first-order chi connectivity index (χ1) is 9.56. The number of ether oxygens (including phenoxy) is 3. The van der Waals surface area contributed by atoms with E-state index < -0.39 is 5.97 Å². The normalized spacial score (nSPS) is 10.8. The van der Waals surface area contributed by atoms with E-state index in [0.29, 0.717) is 37.0 Å². The average molecular weight is 281 g/mol. The molecular weight excluding hydrogens is 258 g/mol. The molecule has 0 atom stereocenters. The van der Waals surface area contributed by atoms with Crippen LogP contribution in [0.1, 0.15) is 29.8 Å². The van der Waals surface area contributed by atoms with Gasteiger partial charge in [-0.3, -0.25) is 0 Å². The van der Waals surface area contributed by atoms with E-state index in [0.717, 1.165) is 12.2 Å². The molecular formula is C15H23NO4. The maximum Gasteiger partial charge on any atom is 0.340 e. The van der Waals surface area contributed by atoms with E-state index in [1.54, 1.807) is 18.2 Å². The number of benzene rings is 1. The van der Waals surface area contributed by atoms with Gasteiger partial charge in [0.05, 0.1) is 32.5 Å². The Bertz CT molecular complexity index is 432. The minimum Gasteiger partial charge on any atom is -0.465 e. The van der Waals surface area contributed by atoms with E-state index in [1.807, 2.05) is 0 Å². The van der Waals surface area contributed by atoms with E-state index in [4.69, 9.17) is 19.9 Å². The van der Waals surface area contributed by atoms with E-state index in [9.17, 15) is 4.79 Å². The molecule has 1 aromatic rings. The monoisotopic (exact) mass is 281 g/mol. The zero-order chi connectivity index (χ0) is 15.0. The third kappa shape index (κ3) is 5.19. The van der Waals surface area contributed by atoms with Gasteiger partial charge in [0, 0.05) is 12.3 Å². The van der Waals surface area contributed by atoms with Crippen molar-refractivity contribution in [2.75, 3.05) is 32.7 Å². The number of methoxy groups -OCH3 is 1. The Morgan fingerprint density at radius 2 is 1.95 bits per heavy atom. The lowest BCUT2D eigenvalue weighted by Gasteiger charge is -2.11. The SMILES string of the molecule is COC(=O)c1c(N)cccc1COCCOCC(C)C. The van der Waals surface area contributed by atoms with Crippen LogP contribution in [0, 0.1) is 5.92 Å². The quantitative estimate of drug-likeness (QED) is 0.449. The molecule has 0 saturated heterocycles. The molecule has 20 heavy (non-hydrogen) atoms. The highest BCUT2D eigenvalue weighted by Gasteiger charge is 2.15. The van der Waals surface area contributed by atoms with Crippen molar-refractivity contribution in [3.05, 3.63) is 29.3 Å². The van der Waals surface area contributed by atoms with Gasteiger partial charge in [-0.05, 0) is 17.5 Å². The molecule has 2 N–H and O–H groups in total. The second kappa shape index (κ2) is 8.55. The Kier molecular flexibility index (Phi) is 7.04. The van der Waals surface area contributed by atoms with E-state index >= 15 is 0 Å². The van der Waals surface area contributed by atoms with Crippen LogP contribution in [0.3, 0.4) is 0 Å². The van der Waals surface area contributed by atoms with E-state index in [2.05, 4.69) is 13.8 Å². The van der Waals surface area contributed by atoms with Crippen molar-refractivity contribution >= 4 is 11.7 Å². The molecule has 1 aromatic carbocycles. The number of nitrogens with two attached hydrogens (primary N) is 1. The van der Waals surface area contributed by atoms with Crippen molar-refractivity contribution in [3.8, 4) is 0 Å². The summed E-state index contributed by atoms with van der Waals surface area (Å²) in [6.07, 6.45) is 0. The molecule has 0 aromatic heterocycles. The van der Waals surface area contributed by atoms with Gasteiger partial charge in [0.2, 0.25) is 0 Å². The lowest BCUT2D eigenvalue weighted by molar-refractivity contribution is 0.0308. The fraction of sp³-hybridized carbons (Fsp3) is 0.533. The molecule has 112 valence electrons. The highest BCUT2D eigenvalue weighted by atomic mass is 16.5. The first-order valence-electron chi connectivity index (χ1n) is 6.67. The molecule has 0 saturated carbocycles. The van der Waals surface area contributed by atoms with Crippen molar-refractivity contribution in [3.63, 3.8) is 0 Å². The van der Waals surface area contributed by atoms with Crippen molar-refractivity contribution in [1.29, 1.82) is 0 Å². The van der Waals surface area contributed by atoms with Crippen LogP contribution in [0.2, 0.25) is 0 Å². The second-order valence-corrected chi connectivity index (χ2v) is 4.89. The molecule has 5 nitrogen and oxygen atoms in total. The minimum atomic E-state index is -0.447. The van der Waals surface area contributed by atoms with Crippen LogP contribution in [0.4, 0.5) is 5.69 Å². The van der Waals surface area contributed by atoms with Gasteiger partial charge in [-0.2, -0.15) is 0 Å². The Hall–Kier alpha value is -1.59. The molecule has 0 bridgehead atoms. The number of hydrogen-bond donors (Lipinski definition) is 1. The van der Waals surface area contributed by atoms with Crippen molar-refractivity contribution in [2.24, 2.45) is 5.92 Å². The molecule has 0 unspecified atom stereocenters. The fourth-order valence-corrected chi connectivity index (χ4v) is 1.71. The average Bonchev–Trinajstić information content (AvgIpc) is 2.41. The molecule has 0 aliphatic heterocycles. The zero-order valence-corrected chi connectivity index (χ0v) is 12.3. The Labute approximate surface area is 120 Å². The summed E-state index contributed by atoms with van der Waals surface area (Å²) in [5, 5.41) is 0. The molecule has 0 aliphatic rings. The Balaban J connectivity index is 2.48. The number of carbonyl (C=O) groups excluding carboxylic acids is 1. The highest BCUT2D eigenvalue weighted by molar-refractivity contribution is 5.96. The van der Waals surface area contributed by atoms with Crippen LogP contribution in [0.15, 0.2) is 18.2 Å². The molecule has 5 heteroatoms. The molecule has 0 spiro atoms. The van der Waals surface area contributed by atoms with Crippen LogP contribution in [-0.2, 0) is 20.8 Å². The van der Waals surface area contributed by atoms with Crippen LogP contribution in [0.25, 0.3) is 0 Å². The van der Waals surface area contributed by atoms with E-state index in [1.165, 1.54) is 7.11 Å². The van der Waals surface area contributed by atoms with Gasteiger partial charge in [0.15, 0.2) is 0 Å². The highest BCUT2D eigenvalue weighted by Crippen LogP contribution is 2.19. The summed E-state index contributed by atoms with van der Waals surface area (Å²) in [7, 11) is 1.33. The first-order valence-corrected chi connectivity index (χ1v) is 6.67. The summed E-state index contributed by atoms with van der Waals surface area (Å²) in [5.74, 6) is 0.0626. The fourth-order valence-electron chi connectivity index (χ4n) is 1.71. The number of carbonyl (C=O) groups is 1. The largest absolute Gasteiger partial charge is 0.465 e. The summed E-state index contributed by atoms with van der Waals surface area (Å²) in [6, 6.07) is 5.26. The zero-order valence-electron chi connectivity index (χ0n) is 12.3. The van der Waals surface area contributed by atoms with E-state index in [-0.39, 0.29) is 0 Å². The third-order valence-electron chi connectivity index (χ3n) is 2.65. The van der Waals surface area contributed by atoms with Crippen LogP contribution < -0.4 is 5.73 Å². The predicted octanol–water partition coefficient (Wildman–Crippen LogP) is 2.24. The van der Waals surface area contributed by atoms with Gasteiger partial charge < -0.3 is 19.9 Å². The van der Waals surface area contributed by atoms with Gasteiger partial charge in [-0.25, -0.2) is 4.79 Å². The second-order valence-electron chi connectivity index (χ2n) is 4.89. The summed E-state index contributed by atoms with van der Waals surface area (Å²) in [5.41, 5.74) is 7.30. The summed E-state index contributed by atoms with van der Waals surface area (Å²) >= 11 is 0. The molecule has 0 heterocycles. The Morgan fingerprint density at radius 3 is 2.60 bits per heavy atom. The lowest BCUT2D eigenvalue weighted by Crippen LogP contribution is -2.12. The van der Waals surface area contributed by atoms with Gasteiger partial charge in [0.1, 0.15) is 0 Å². The first kappa shape index (κ1) is 16.5. The molecule has 0 aliphatic carbocycles. The standard InChI is InChI=1S/C15H23NO4/c1-11(2)9-19-7-8-20-10-12-5-4-6-13(16)14(12)15(17)18-3/h4-6,11H,7-10,16H2,1-3H3. The molecule has 0 radical (unpaired) electrons. The van der Waals surface area contributed by atoms with Gasteiger partial charge in [-0.1, -0.05) is 26.0 Å². The topological polar surface area (TPSA) is 70.8 Å². The predicted molar refractivity (Wildman–Crippen MR) is 77.5 cm³/mol. The van der Waals surface area contributed by atoms with Gasteiger partial charge >= 0.3 is 5.97 Å². The summed E-state index contributed by atoms with van der Waals surface area (Å²) in [4.78, 5) is 11.7. The third-order valence-corrected chi connectivity index (χ3v) is 2.65. The van der Waals surface area contributed by atoms with Crippen LogP contribution in [0.5, 0.6) is 0 Å². The maximum absolute atomic E-state index is 11.7. The van der Waals surface area contributed by atoms with Crippen LogP contribution in [-0.4, -0.2) is 32.9 Å².